The van der Waals surface area contributed by atoms with Gasteiger partial charge >= 0.3 is 5.97 Å². The molecule has 0 saturated carbocycles. The van der Waals surface area contributed by atoms with Gasteiger partial charge in [-0.15, -0.1) is 0 Å². The number of carboxylic acids is 1. The smallest absolute Gasteiger partial charge is 0.328 e. The number of carboxylic acid groups (broad SMARTS) is 1. The van der Waals surface area contributed by atoms with E-state index in [4.69, 9.17) is 5.11 Å². The van der Waals surface area contributed by atoms with Crippen molar-refractivity contribution in [3.05, 3.63) is 36.2 Å². The van der Waals surface area contributed by atoms with E-state index < -0.39 is 5.97 Å². The Kier molecular flexibility index (Phi) is 3.68. The van der Waals surface area contributed by atoms with E-state index in [1.165, 1.54) is 4.90 Å². The SMILES string of the molecule is CN(Cc1ccc[nH]1)C(=O)/C=C/C(=O)O. The summed E-state index contributed by atoms with van der Waals surface area (Å²) in [4.78, 5) is 25.9. The van der Waals surface area contributed by atoms with Gasteiger partial charge in [0.1, 0.15) is 0 Å². The highest BCUT2D eigenvalue weighted by molar-refractivity contribution is 5.93. The van der Waals surface area contributed by atoms with E-state index in [1.54, 1.807) is 13.2 Å². The third kappa shape index (κ3) is 3.68. The van der Waals surface area contributed by atoms with E-state index in [0.717, 1.165) is 17.8 Å². The van der Waals surface area contributed by atoms with E-state index in [-0.39, 0.29) is 5.91 Å². The first kappa shape index (κ1) is 11.0. The van der Waals surface area contributed by atoms with Crippen LogP contribution >= 0.6 is 0 Å². The maximum atomic E-state index is 11.3. The Morgan fingerprint density at radius 1 is 1.53 bits per heavy atom. The zero-order chi connectivity index (χ0) is 11.3. The second-order valence-corrected chi connectivity index (χ2v) is 3.06. The molecule has 2 N–H and O–H groups in total. The molecule has 0 radical (unpaired) electrons. The average Bonchev–Trinajstić information content (AvgIpc) is 2.66. The number of aromatic nitrogens is 1. The van der Waals surface area contributed by atoms with Crippen LogP contribution in [0.3, 0.4) is 0 Å². The molecule has 1 amide bonds. The van der Waals surface area contributed by atoms with E-state index in [2.05, 4.69) is 4.98 Å². The summed E-state index contributed by atoms with van der Waals surface area (Å²) in [5, 5.41) is 8.34. The van der Waals surface area contributed by atoms with E-state index in [1.807, 2.05) is 12.1 Å². The summed E-state index contributed by atoms with van der Waals surface area (Å²) in [6, 6.07) is 3.69. The molecular formula is C10H12N2O3. The molecule has 1 aromatic heterocycles. The summed E-state index contributed by atoms with van der Waals surface area (Å²) >= 11 is 0. The lowest BCUT2D eigenvalue weighted by molar-refractivity contribution is -0.132. The highest BCUT2D eigenvalue weighted by Crippen LogP contribution is 2.00. The topological polar surface area (TPSA) is 73.4 Å². The van der Waals surface area contributed by atoms with Gasteiger partial charge in [-0.05, 0) is 12.1 Å². The zero-order valence-corrected chi connectivity index (χ0v) is 8.30. The number of carbonyl (C=O) groups is 2. The van der Waals surface area contributed by atoms with Gasteiger partial charge in [0, 0.05) is 31.1 Å². The van der Waals surface area contributed by atoms with Gasteiger partial charge < -0.3 is 15.0 Å². The minimum absolute atomic E-state index is 0.341. The zero-order valence-electron chi connectivity index (χ0n) is 8.30. The molecule has 0 aliphatic carbocycles. The van der Waals surface area contributed by atoms with Crippen LogP contribution in [0.2, 0.25) is 0 Å². The van der Waals surface area contributed by atoms with Crippen LogP contribution in [0.5, 0.6) is 0 Å². The molecule has 1 heterocycles. The van der Waals surface area contributed by atoms with Crippen molar-refractivity contribution in [2.24, 2.45) is 0 Å². The highest BCUT2D eigenvalue weighted by Gasteiger charge is 2.06. The summed E-state index contributed by atoms with van der Waals surface area (Å²) in [6.07, 6.45) is 3.62. The maximum absolute atomic E-state index is 11.3. The summed E-state index contributed by atoms with van der Waals surface area (Å²) in [5.41, 5.74) is 0.898. The first-order valence-electron chi connectivity index (χ1n) is 4.38. The molecule has 0 aliphatic rings. The van der Waals surface area contributed by atoms with Gasteiger partial charge in [-0.3, -0.25) is 4.79 Å². The fraction of sp³-hybridized carbons (Fsp3) is 0.200. The largest absolute Gasteiger partial charge is 0.478 e. The van der Waals surface area contributed by atoms with E-state index in [9.17, 15) is 9.59 Å². The molecule has 15 heavy (non-hydrogen) atoms. The lowest BCUT2D eigenvalue weighted by atomic mass is 10.3. The van der Waals surface area contributed by atoms with Crippen molar-refractivity contribution >= 4 is 11.9 Å². The van der Waals surface area contributed by atoms with Gasteiger partial charge in [0.25, 0.3) is 0 Å². The fourth-order valence-corrected chi connectivity index (χ4v) is 1.07. The Balaban J connectivity index is 2.50. The molecule has 0 fully saturated rings. The molecule has 0 aliphatic heterocycles. The Hall–Kier alpha value is -2.04. The standard InChI is InChI=1S/C10H12N2O3/c1-12(7-8-3-2-6-11-8)9(13)4-5-10(14)15/h2-6,11H,7H2,1H3,(H,14,15)/b5-4+. The van der Waals surface area contributed by atoms with Gasteiger partial charge in [0.2, 0.25) is 5.91 Å². The Morgan fingerprint density at radius 3 is 2.80 bits per heavy atom. The van der Waals surface area contributed by atoms with Crippen LogP contribution in [0.25, 0.3) is 0 Å². The van der Waals surface area contributed by atoms with Crippen LogP contribution in [-0.4, -0.2) is 33.9 Å². The summed E-state index contributed by atoms with van der Waals surface area (Å²) in [5.74, 6) is -1.47. The number of hydrogen-bond acceptors (Lipinski definition) is 2. The van der Waals surface area contributed by atoms with Crippen LogP contribution in [0, 0.1) is 0 Å². The molecule has 5 nitrogen and oxygen atoms in total. The molecule has 1 rings (SSSR count). The molecule has 1 aromatic rings. The minimum atomic E-state index is -1.13. The first-order chi connectivity index (χ1) is 7.09. The second-order valence-electron chi connectivity index (χ2n) is 3.06. The number of H-pyrrole nitrogens is 1. The summed E-state index contributed by atoms with van der Waals surface area (Å²) < 4.78 is 0. The number of nitrogens with one attached hydrogen (secondary N) is 1. The van der Waals surface area contributed by atoms with Crippen molar-refractivity contribution < 1.29 is 14.7 Å². The van der Waals surface area contributed by atoms with Gasteiger partial charge in [-0.2, -0.15) is 0 Å². The number of carbonyl (C=O) groups excluding carboxylic acids is 1. The van der Waals surface area contributed by atoms with Gasteiger partial charge in [-0.25, -0.2) is 4.79 Å². The number of aliphatic carboxylic acids is 1. The Labute approximate surface area is 87.0 Å². The molecule has 0 spiro atoms. The molecule has 80 valence electrons. The third-order valence-electron chi connectivity index (χ3n) is 1.81. The van der Waals surface area contributed by atoms with E-state index in [0.29, 0.717) is 6.54 Å². The van der Waals surface area contributed by atoms with Crippen LogP contribution in [0.4, 0.5) is 0 Å². The molecule has 0 saturated heterocycles. The molecule has 0 atom stereocenters. The number of aromatic amines is 1. The lowest BCUT2D eigenvalue weighted by Gasteiger charge is -2.13. The number of amides is 1. The molecule has 0 aromatic carbocycles. The fourth-order valence-electron chi connectivity index (χ4n) is 1.07. The monoisotopic (exact) mass is 208 g/mol. The van der Waals surface area contributed by atoms with Crippen LogP contribution in [0.15, 0.2) is 30.5 Å². The van der Waals surface area contributed by atoms with Crippen molar-refractivity contribution in [3.8, 4) is 0 Å². The maximum Gasteiger partial charge on any atom is 0.328 e. The number of hydrogen-bond donors (Lipinski definition) is 2. The summed E-state index contributed by atoms with van der Waals surface area (Å²) in [7, 11) is 1.61. The van der Waals surface area contributed by atoms with Crippen molar-refractivity contribution in [1.29, 1.82) is 0 Å². The van der Waals surface area contributed by atoms with E-state index >= 15 is 0 Å². The van der Waals surface area contributed by atoms with Crippen molar-refractivity contribution in [2.45, 2.75) is 6.54 Å². The van der Waals surface area contributed by atoms with Gasteiger partial charge in [0.05, 0.1) is 6.54 Å². The van der Waals surface area contributed by atoms with Crippen molar-refractivity contribution in [1.82, 2.24) is 9.88 Å². The second kappa shape index (κ2) is 4.99. The number of nitrogens with zero attached hydrogens (tertiary/aromatic N) is 1. The average molecular weight is 208 g/mol. The van der Waals surface area contributed by atoms with Crippen molar-refractivity contribution in [3.63, 3.8) is 0 Å². The van der Waals surface area contributed by atoms with Crippen LogP contribution in [-0.2, 0) is 16.1 Å². The Morgan fingerprint density at radius 2 is 2.27 bits per heavy atom. The van der Waals surface area contributed by atoms with Gasteiger partial charge in [0.15, 0.2) is 0 Å². The molecule has 0 unspecified atom stereocenters. The first-order valence-corrected chi connectivity index (χ1v) is 4.38. The van der Waals surface area contributed by atoms with Crippen LogP contribution < -0.4 is 0 Å². The lowest BCUT2D eigenvalue weighted by Crippen LogP contribution is -2.24. The molecule has 5 heteroatoms. The predicted molar refractivity (Wildman–Crippen MR) is 54.0 cm³/mol. The summed E-state index contributed by atoms with van der Waals surface area (Å²) in [6.45, 7) is 0.426. The quantitative estimate of drug-likeness (QED) is 0.712. The minimum Gasteiger partial charge on any atom is -0.478 e. The molecule has 0 bridgehead atoms. The number of rotatable bonds is 4. The normalized spacial score (nSPS) is 10.5. The Bertz CT molecular complexity index is 368. The van der Waals surface area contributed by atoms with Crippen molar-refractivity contribution in [2.75, 3.05) is 7.05 Å². The van der Waals surface area contributed by atoms with Gasteiger partial charge in [-0.1, -0.05) is 0 Å². The number of likely N-dealkylation sites (N-methyl/N-ethyl adjacent to an activating group) is 1. The van der Waals surface area contributed by atoms with Crippen LogP contribution in [0.1, 0.15) is 5.69 Å². The third-order valence-corrected chi connectivity index (χ3v) is 1.81. The molecular weight excluding hydrogens is 196 g/mol. The highest BCUT2D eigenvalue weighted by atomic mass is 16.4. The predicted octanol–water partition coefficient (Wildman–Crippen LogP) is 0.614.